The van der Waals surface area contributed by atoms with Crippen LogP contribution in [0, 0.1) is 4.77 Å². The molecule has 0 unspecified atom stereocenters. The predicted octanol–water partition coefficient (Wildman–Crippen LogP) is 4.40. The number of hydrogen-bond donors (Lipinski definition) is 1. The number of H-pyrrole nitrogens is 1. The van der Waals surface area contributed by atoms with Crippen molar-refractivity contribution in [3.05, 3.63) is 58.9 Å². The summed E-state index contributed by atoms with van der Waals surface area (Å²) in [5.41, 5.74) is 4.30. The van der Waals surface area contributed by atoms with E-state index in [0.29, 0.717) is 10.6 Å². The van der Waals surface area contributed by atoms with Gasteiger partial charge in [-0.15, -0.1) is 0 Å². The Kier molecular flexibility index (Phi) is 6.26. The van der Waals surface area contributed by atoms with Crippen molar-refractivity contribution in [2.45, 2.75) is 13.8 Å². The molecule has 0 spiro atoms. The van der Waals surface area contributed by atoms with E-state index in [9.17, 15) is 0 Å². The number of nitrogens with one attached hydrogen (secondary N) is 1. The number of aromatic nitrogens is 3. The third-order valence-electron chi connectivity index (χ3n) is 4.64. The van der Waals surface area contributed by atoms with E-state index in [0.717, 1.165) is 29.9 Å². The predicted molar refractivity (Wildman–Crippen MR) is 120 cm³/mol. The highest BCUT2D eigenvalue weighted by molar-refractivity contribution is 7.71. The lowest BCUT2D eigenvalue weighted by molar-refractivity contribution is 0.865. The molecule has 1 aromatic heterocycles. The van der Waals surface area contributed by atoms with Gasteiger partial charge in [-0.25, -0.2) is 5.10 Å². The van der Waals surface area contributed by atoms with E-state index >= 15 is 0 Å². The normalized spacial score (nSPS) is 11.1. The van der Waals surface area contributed by atoms with Crippen LogP contribution in [-0.4, -0.2) is 48.3 Å². The van der Waals surface area contributed by atoms with Gasteiger partial charge in [-0.1, -0.05) is 12.1 Å². The first-order valence-electron chi connectivity index (χ1n) is 9.38. The minimum Gasteiger partial charge on any atom is -0.378 e. The summed E-state index contributed by atoms with van der Waals surface area (Å²) in [4.78, 5) is 4.36. The molecule has 0 bridgehead atoms. The van der Waals surface area contributed by atoms with Gasteiger partial charge in [-0.2, -0.15) is 14.9 Å². The van der Waals surface area contributed by atoms with E-state index in [-0.39, 0.29) is 0 Å². The van der Waals surface area contributed by atoms with Crippen LogP contribution in [0.2, 0.25) is 0 Å². The summed E-state index contributed by atoms with van der Waals surface area (Å²) in [6.07, 6.45) is 1.80. The third kappa shape index (κ3) is 4.31. The number of anilines is 2. The zero-order valence-electron chi connectivity index (χ0n) is 16.8. The van der Waals surface area contributed by atoms with Gasteiger partial charge in [0.2, 0.25) is 4.77 Å². The first-order valence-corrected chi connectivity index (χ1v) is 9.78. The van der Waals surface area contributed by atoms with Crippen molar-refractivity contribution in [1.82, 2.24) is 14.9 Å². The summed E-state index contributed by atoms with van der Waals surface area (Å²) in [5, 5.41) is 11.7. The molecule has 6 nitrogen and oxygen atoms in total. The Labute approximate surface area is 171 Å². The lowest BCUT2D eigenvalue weighted by Gasteiger charge is -2.20. The average molecular weight is 395 g/mol. The van der Waals surface area contributed by atoms with Crippen molar-refractivity contribution in [3.8, 4) is 11.4 Å². The highest BCUT2D eigenvalue weighted by Crippen LogP contribution is 2.21. The summed E-state index contributed by atoms with van der Waals surface area (Å²) in [5.74, 6) is 0.686. The van der Waals surface area contributed by atoms with Gasteiger partial charge in [0.25, 0.3) is 0 Å². The Morgan fingerprint density at radius 1 is 1.00 bits per heavy atom. The summed E-state index contributed by atoms with van der Waals surface area (Å²) in [7, 11) is 4.03. The minimum atomic E-state index is 0.461. The van der Waals surface area contributed by atoms with Gasteiger partial charge in [-0.05, 0) is 68.0 Å². The van der Waals surface area contributed by atoms with Crippen LogP contribution in [-0.2, 0) is 0 Å². The molecule has 7 heteroatoms. The molecule has 1 N–H and O–H groups in total. The highest BCUT2D eigenvalue weighted by atomic mass is 32.1. The molecule has 28 heavy (non-hydrogen) atoms. The first-order chi connectivity index (χ1) is 13.5. The Morgan fingerprint density at radius 3 is 2.18 bits per heavy atom. The zero-order valence-corrected chi connectivity index (χ0v) is 17.6. The van der Waals surface area contributed by atoms with Crippen LogP contribution in [0.3, 0.4) is 0 Å². The molecule has 0 fully saturated rings. The van der Waals surface area contributed by atoms with Crippen LogP contribution >= 0.6 is 12.2 Å². The van der Waals surface area contributed by atoms with Gasteiger partial charge in [0.05, 0.1) is 6.21 Å². The topological polar surface area (TPSA) is 52.5 Å². The second-order valence-electron chi connectivity index (χ2n) is 6.61. The minimum absolute atomic E-state index is 0.461. The van der Waals surface area contributed by atoms with Crippen LogP contribution in [0.1, 0.15) is 19.4 Å². The molecule has 0 aliphatic rings. The number of aromatic amines is 1. The molecule has 0 saturated carbocycles. The van der Waals surface area contributed by atoms with Crippen LogP contribution in [0.4, 0.5) is 11.4 Å². The smallest absolute Gasteiger partial charge is 0.216 e. The molecule has 0 saturated heterocycles. The van der Waals surface area contributed by atoms with Crippen molar-refractivity contribution >= 4 is 29.8 Å². The number of nitrogens with zero attached hydrogens (tertiary/aromatic N) is 5. The van der Waals surface area contributed by atoms with Crippen molar-refractivity contribution in [1.29, 1.82) is 0 Å². The van der Waals surface area contributed by atoms with Crippen LogP contribution < -0.4 is 9.80 Å². The summed E-state index contributed by atoms with van der Waals surface area (Å²) >= 11 is 5.36. The van der Waals surface area contributed by atoms with Gasteiger partial charge in [-0.3, -0.25) is 0 Å². The maximum Gasteiger partial charge on any atom is 0.216 e. The van der Waals surface area contributed by atoms with Crippen molar-refractivity contribution < 1.29 is 0 Å². The fourth-order valence-electron chi connectivity index (χ4n) is 2.98. The maximum atomic E-state index is 5.36. The van der Waals surface area contributed by atoms with Gasteiger partial charge in [0, 0.05) is 44.1 Å². The van der Waals surface area contributed by atoms with Crippen LogP contribution in [0.25, 0.3) is 11.4 Å². The molecular formula is C21H26N6S. The van der Waals surface area contributed by atoms with Crippen molar-refractivity contribution in [3.63, 3.8) is 0 Å². The lowest BCUT2D eigenvalue weighted by atomic mass is 10.2. The molecule has 0 radical (unpaired) electrons. The summed E-state index contributed by atoms with van der Waals surface area (Å²) in [6.45, 7) is 6.30. The molecule has 0 aliphatic heterocycles. The fraction of sp³-hybridized carbons (Fsp3) is 0.286. The van der Waals surface area contributed by atoms with Crippen LogP contribution in [0.15, 0.2) is 53.6 Å². The average Bonchev–Trinajstić information content (AvgIpc) is 3.08. The quantitative estimate of drug-likeness (QED) is 0.477. The molecule has 0 amide bonds. The van der Waals surface area contributed by atoms with Crippen molar-refractivity contribution in [2.75, 3.05) is 37.0 Å². The molecule has 0 atom stereocenters. The van der Waals surface area contributed by atoms with E-state index in [1.165, 1.54) is 5.69 Å². The Balaban J connectivity index is 1.85. The largest absolute Gasteiger partial charge is 0.378 e. The second kappa shape index (κ2) is 8.84. The summed E-state index contributed by atoms with van der Waals surface area (Å²) in [6, 6.07) is 16.5. The van der Waals surface area contributed by atoms with E-state index in [4.69, 9.17) is 12.2 Å². The monoisotopic (exact) mass is 394 g/mol. The summed E-state index contributed by atoms with van der Waals surface area (Å²) < 4.78 is 2.11. The molecule has 0 aliphatic carbocycles. The molecule has 146 valence electrons. The molecule has 3 rings (SSSR count). The zero-order chi connectivity index (χ0) is 20.1. The van der Waals surface area contributed by atoms with Crippen LogP contribution in [0.5, 0.6) is 0 Å². The Hall–Kier alpha value is -2.93. The molecule has 1 heterocycles. The number of benzene rings is 2. The lowest BCUT2D eigenvalue weighted by Crippen LogP contribution is -2.21. The molecule has 2 aromatic carbocycles. The fourth-order valence-corrected chi connectivity index (χ4v) is 3.16. The van der Waals surface area contributed by atoms with E-state index < -0.39 is 0 Å². The Morgan fingerprint density at radius 2 is 1.61 bits per heavy atom. The van der Waals surface area contributed by atoms with Gasteiger partial charge < -0.3 is 9.80 Å². The van der Waals surface area contributed by atoms with E-state index in [2.05, 4.69) is 63.2 Å². The van der Waals surface area contributed by atoms with Gasteiger partial charge >= 0.3 is 0 Å². The first kappa shape index (κ1) is 19.8. The molecule has 3 aromatic rings. The standard InChI is InChI=1S/C21H26N6S/c1-5-26(6-2)19-11-7-16(8-12-19)15-22-27-20(23-24-21(27)28)17-9-13-18(14-10-17)25(3)4/h7-15H,5-6H2,1-4H3,(H,24,28). The van der Waals surface area contributed by atoms with Crippen molar-refractivity contribution in [2.24, 2.45) is 5.10 Å². The van der Waals surface area contributed by atoms with E-state index in [1.54, 1.807) is 10.9 Å². The van der Waals surface area contributed by atoms with Gasteiger partial charge in [0.15, 0.2) is 5.82 Å². The molecular weight excluding hydrogens is 368 g/mol. The SMILES string of the molecule is CCN(CC)c1ccc(C=Nn2c(-c3ccc(N(C)C)cc3)n[nH]c2=S)cc1. The number of hydrogen-bond acceptors (Lipinski definition) is 5. The highest BCUT2D eigenvalue weighted by Gasteiger charge is 2.08. The second-order valence-corrected chi connectivity index (χ2v) is 7.00. The number of rotatable bonds is 7. The Bertz CT molecular complexity index is 979. The maximum absolute atomic E-state index is 5.36. The van der Waals surface area contributed by atoms with E-state index in [1.807, 2.05) is 38.4 Å². The van der Waals surface area contributed by atoms with Gasteiger partial charge in [0.1, 0.15) is 0 Å². The third-order valence-corrected chi connectivity index (χ3v) is 4.90.